The summed E-state index contributed by atoms with van der Waals surface area (Å²) in [7, 11) is 1.69. The molecule has 2 aliphatic rings. The number of hydrogen-bond acceptors (Lipinski definition) is 3. The van der Waals surface area contributed by atoms with Gasteiger partial charge in [-0.1, -0.05) is 13.5 Å². The van der Waals surface area contributed by atoms with Gasteiger partial charge in [0.1, 0.15) is 6.23 Å². The molecule has 2 rings (SSSR count). The first-order valence-corrected chi connectivity index (χ1v) is 6.23. The number of carbonyl (C=O) groups excluding carboxylic acids is 1. The van der Waals surface area contributed by atoms with Crippen LogP contribution in [0.4, 0.5) is 4.79 Å². The Labute approximate surface area is 107 Å². The number of nitrogens with zero attached hydrogens (tertiary/aromatic N) is 2. The van der Waals surface area contributed by atoms with E-state index in [2.05, 4.69) is 6.58 Å². The number of carbonyl (C=O) groups is 1. The first-order chi connectivity index (χ1) is 8.45. The van der Waals surface area contributed by atoms with Crippen LogP contribution in [0.25, 0.3) is 0 Å². The van der Waals surface area contributed by atoms with E-state index in [0.29, 0.717) is 12.1 Å². The summed E-state index contributed by atoms with van der Waals surface area (Å²) in [5, 5.41) is 9.85. The van der Waals surface area contributed by atoms with Crippen molar-refractivity contribution in [1.82, 2.24) is 9.80 Å². The van der Waals surface area contributed by atoms with Crippen molar-refractivity contribution in [3.8, 4) is 0 Å². The highest BCUT2D eigenvalue weighted by molar-refractivity contribution is 5.80. The molecule has 0 radical (unpaired) electrons. The van der Waals surface area contributed by atoms with Crippen molar-refractivity contribution in [3.63, 3.8) is 0 Å². The van der Waals surface area contributed by atoms with Gasteiger partial charge < -0.3 is 9.84 Å². The van der Waals surface area contributed by atoms with Gasteiger partial charge in [0.05, 0.1) is 12.2 Å². The first kappa shape index (κ1) is 13.1. The minimum atomic E-state index is -0.503. The minimum absolute atomic E-state index is 0.167. The average molecular weight is 252 g/mol. The van der Waals surface area contributed by atoms with Crippen molar-refractivity contribution in [2.24, 2.45) is 0 Å². The van der Waals surface area contributed by atoms with E-state index in [4.69, 9.17) is 4.74 Å². The fraction of sp³-hybridized carbons (Fsp3) is 0.615. The van der Waals surface area contributed by atoms with Crippen LogP contribution >= 0.6 is 0 Å². The van der Waals surface area contributed by atoms with E-state index in [-0.39, 0.29) is 18.4 Å². The Morgan fingerprint density at radius 3 is 2.83 bits per heavy atom. The zero-order valence-corrected chi connectivity index (χ0v) is 11.1. The zero-order chi connectivity index (χ0) is 13.4. The summed E-state index contributed by atoms with van der Waals surface area (Å²) in [5.41, 5.74) is 1.62. The Bertz CT molecular complexity index is 405. The number of aliphatic hydroxyl groups excluding tert-OH is 1. The first-order valence-electron chi connectivity index (χ1n) is 6.23. The summed E-state index contributed by atoms with van der Waals surface area (Å²) in [6.07, 6.45) is 1.87. The highest BCUT2D eigenvalue weighted by atomic mass is 16.5. The van der Waals surface area contributed by atoms with Crippen LogP contribution in [0.1, 0.15) is 26.7 Å². The van der Waals surface area contributed by atoms with Crippen LogP contribution in [0.2, 0.25) is 0 Å². The molecule has 1 N–H and O–H groups in total. The van der Waals surface area contributed by atoms with Gasteiger partial charge >= 0.3 is 6.03 Å². The minimum Gasteiger partial charge on any atom is -0.390 e. The molecular formula is C13H20N2O3. The second-order valence-electron chi connectivity index (χ2n) is 4.85. The van der Waals surface area contributed by atoms with Gasteiger partial charge in [0.15, 0.2) is 0 Å². The maximum absolute atomic E-state index is 12.2. The smallest absolute Gasteiger partial charge is 0.330 e. The standard InChI is InChI=1S/C13H20N2O3/c1-5-11-10(16)6-12(18-11)15-7-8(2)9(3)14(4)13(15)17/h7,10-12,16H,3,5-6H2,1-2,4H3. The highest BCUT2D eigenvalue weighted by Gasteiger charge is 2.39. The molecule has 0 saturated carbocycles. The Morgan fingerprint density at radius 1 is 1.61 bits per heavy atom. The van der Waals surface area contributed by atoms with Crippen LogP contribution in [0.15, 0.2) is 24.0 Å². The Hall–Kier alpha value is -1.33. The number of hydrogen-bond donors (Lipinski definition) is 1. The van der Waals surface area contributed by atoms with Crippen LogP contribution in [0.5, 0.6) is 0 Å². The molecule has 0 bridgehead atoms. The second-order valence-corrected chi connectivity index (χ2v) is 4.85. The maximum atomic E-state index is 12.2. The van der Waals surface area contributed by atoms with Crippen molar-refractivity contribution in [3.05, 3.63) is 24.0 Å². The molecule has 5 nitrogen and oxygen atoms in total. The lowest BCUT2D eigenvalue weighted by molar-refractivity contribution is -0.0361. The molecule has 0 aromatic rings. The molecule has 2 heterocycles. The Morgan fingerprint density at radius 2 is 2.28 bits per heavy atom. The molecule has 0 aromatic heterocycles. The third kappa shape index (κ3) is 2.04. The third-order valence-electron chi connectivity index (χ3n) is 3.62. The van der Waals surface area contributed by atoms with Gasteiger partial charge in [0.25, 0.3) is 0 Å². The molecule has 3 unspecified atom stereocenters. The zero-order valence-electron chi connectivity index (χ0n) is 11.1. The normalized spacial score (nSPS) is 33.1. The number of urea groups is 1. The Balaban J connectivity index is 2.19. The molecule has 18 heavy (non-hydrogen) atoms. The van der Waals surface area contributed by atoms with Gasteiger partial charge in [-0.3, -0.25) is 9.80 Å². The monoisotopic (exact) mass is 252 g/mol. The topological polar surface area (TPSA) is 53.0 Å². The van der Waals surface area contributed by atoms with Crippen molar-refractivity contribution in [2.75, 3.05) is 7.05 Å². The fourth-order valence-corrected chi connectivity index (χ4v) is 2.35. The molecule has 2 aliphatic heterocycles. The molecule has 5 heteroatoms. The molecule has 100 valence electrons. The fourth-order valence-electron chi connectivity index (χ4n) is 2.35. The predicted molar refractivity (Wildman–Crippen MR) is 67.5 cm³/mol. The van der Waals surface area contributed by atoms with Gasteiger partial charge in [-0.15, -0.1) is 0 Å². The third-order valence-corrected chi connectivity index (χ3v) is 3.62. The van der Waals surface area contributed by atoms with Gasteiger partial charge in [0.2, 0.25) is 0 Å². The molecule has 1 fully saturated rings. The van der Waals surface area contributed by atoms with Crippen LogP contribution in [0.3, 0.4) is 0 Å². The highest BCUT2D eigenvalue weighted by Crippen LogP contribution is 2.30. The number of amides is 2. The lowest BCUT2D eigenvalue weighted by Gasteiger charge is -2.35. The van der Waals surface area contributed by atoms with Crippen LogP contribution < -0.4 is 0 Å². The summed E-state index contributed by atoms with van der Waals surface area (Å²) in [6, 6.07) is -0.167. The molecular weight excluding hydrogens is 232 g/mol. The quantitative estimate of drug-likeness (QED) is 0.813. The lowest BCUT2D eigenvalue weighted by atomic mass is 10.1. The number of rotatable bonds is 2. The van der Waals surface area contributed by atoms with Gasteiger partial charge in [-0.25, -0.2) is 4.79 Å². The lowest BCUT2D eigenvalue weighted by Crippen LogP contribution is -2.46. The van der Waals surface area contributed by atoms with E-state index < -0.39 is 6.10 Å². The number of allylic oxidation sites excluding steroid dienone is 1. The van der Waals surface area contributed by atoms with Crippen molar-refractivity contribution in [2.45, 2.75) is 45.1 Å². The van der Waals surface area contributed by atoms with E-state index in [1.165, 1.54) is 4.90 Å². The van der Waals surface area contributed by atoms with Gasteiger partial charge in [-0.2, -0.15) is 0 Å². The Kier molecular flexibility index (Phi) is 3.45. The number of ether oxygens (including phenoxy) is 1. The number of aliphatic hydroxyl groups is 1. The van der Waals surface area contributed by atoms with Gasteiger partial charge in [-0.05, 0) is 18.9 Å². The number of likely N-dealkylation sites (N-methyl/N-ethyl adjacent to an activating group) is 1. The van der Waals surface area contributed by atoms with E-state index >= 15 is 0 Å². The summed E-state index contributed by atoms with van der Waals surface area (Å²) in [5.74, 6) is 0. The molecule has 0 spiro atoms. The largest absolute Gasteiger partial charge is 0.390 e. The molecule has 0 aliphatic carbocycles. The molecule has 1 saturated heterocycles. The van der Waals surface area contributed by atoms with Crippen LogP contribution in [0, 0.1) is 0 Å². The molecule has 3 atom stereocenters. The summed E-state index contributed by atoms with van der Waals surface area (Å²) < 4.78 is 5.72. The summed E-state index contributed by atoms with van der Waals surface area (Å²) >= 11 is 0. The summed E-state index contributed by atoms with van der Waals surface area (Å²) in [6.45, 7) is 7.72. The predicted octanol–water partition coefficient (Wildman–Crippen LogP) is 1.66. The van der Waals surface area contributed by atoms with E-state index in [1.807, 2.05) is 13.8 Å². The van der Waals surface area contributed by atoms with Crippen LogP contribution in [-0.2, 0) is 4.74 Å². The van der Waals surface area contributed by atoms with Crippen molar-refractivity contribution >= 4 is 6.03 Å². The average Bonchev–Trinajstić information content (AvgIpc) is 2.72. The SMILES string of the molecule is C=C1C(C)=CN(C2CC(O)C(CC)O2)C(=O)N1C. The summed E-state index contributed by atoms with van der Waals surface area (Å²) in [4.78, 5) is 15.2. The van der Waals surface area contributed by atoms with Crippen molar-refractivity contribution < 1.29 is 14.6 Å². The maximum Gasteiger partial charge on any atom is 0.330 e. The van der Waals surface area contributed by atoms with Crippen molar-refractivity contribution in [1.29, 1.82) is 0 Å². The van der Waals surface area contributed by atoms with Crippen LogP contribution in [-0.4, -0.2) is 46.4 Å². The molecule has 2 amide bonds. The van der Waals surface area contributed by atoms with E-state index in [9.17, 15) is 9.90 Å². The molecule has 0 aromatic carbocycles. The van der Waals surface area contributed by atoms with Gasteiger partial charge in [0, 0.05) is 25.4 Å². The second kappa shape index (κ2) is 4.74. The van der Waals surface area contributed by atoms with E-state index in [0.717, 1.165) is 12.0 Å². The van der Waals surface area contributed by atoms with E-state index in [1.54, 1.807) is 18.1 Å².